The molecule has 1 aromatic carbocycles. The fraction of sp³-hybridized carbons (Fsp3) is 0.125. The van der Waals surface area contributed by atoms with Crippen molar-refractivity contribution in [2.75, 3.05) is 12.8 Å². The molecular formula is C16H14N6OS. The van der Waals surface area contributed by atoms with Crippen molar-refractivity contribution in [3.05, 3.63) is 53.5 Å². The molecule has 0 saturated carbocycles. The Morgan fingerprint density at radius 3 is 3.04 bits per heavy atom. The molecule has 3 heterocycles. The molecule has 3 aromatic heterocycles. The minimum atomic E-state index is -0.224. The van der Waals surface area contributed by atoms with Crippen LogP contribution < -0.4 is 11.1 Å². The van der Waals surface area contributed by atoms with Gasteiger partial charge in [-0.1, -0.05) is 17.4 Å². The molecule has 0 unspecified atom stereocenters. The van der Waals surface area contributed by atoms with Crippen LogP contribution in [0.1, 0.15) is 21.7 Å². The van der Waals surface area contributed by atoms with Crippen molar-refractivity contribution < 1.29 is 4.79 Å². The van der Waals surface area contributed by atoms with Crippen LogP contribution in [-0.2, 0) is 6.42 Å². The van der Waals surface area contributed by atoms with Crippen molar-refractivity contribution in [3.8, 4) is 0 Å². The van der Waals surface area contributed by atoms with Gasteiger partial charge in [0.15, 0.2) is 10.8 Å². The molecule has 120 valence electrons. The minimum absolute atomic E-state index is 0.224. The molecule has 3 N–H and O–H groups in total. The number of rotatable bonds is 3. The van der Waals surface area contributed by atoms with E-state index in [0.717, 1.165) is 21.5 Å². The van der Waals surface area contributed by atoms with Crippen LogP contribution in [0, 0.1) is 0 Å². The Hall–Kier alpha value is -3.00. The van der Waals surface area contributed by atoms with E-state index in [-0.39, 0.29) is 5.91 Å². The largest absolute Gasteiger partial charge is 0.375 e. The molecule has 24 heavy (non-hydrogen) atoms. The first-order valence-electron chi connectivity index (χ1n) is 7.35. The molecule has 8 heteroatoms. The summed E-state index contributed by atoms with van der Waals surface area (Å²) in [7, 11) is 1.58. The molecule has 0 aliphatic heterocycles. The van der Waals surface area contributed by atoms with Crippen molar-refractivity contribution in [3.63, 3.8) is 0 Å². The number of aromatic nitrogens is 4. The predicted molar refractivity (Wildman–Crippen MR) is 93.2 cm³/mol. The van der Waals surface area contributed by atoms with Gasteiger partial charge >= 0.3 is 0 Å². The van der Waals surface area contributed by atoms with E-state index in [4.69, 9.17) is 5.73 Å². The van der Waals surface area contributed by atoms with Gasteiger partial charge in [0.2, 0.25) is 0 Å². The fourth-order valence-corrected chi connectivity index (χ4v) is 3.39. The Bertz CT molecular complexity index is 1070. The lowest BCUT2D eigenvalue weighted by Gasteiger charge is -2.04. The van der Waals surface area contributed by atoms with E-state index in [0.29, 0.717) is 22.9 Å². The molecule has 0 aliphatic rings. The lowest BCUT2D eigenvalue weighted by Crippen LogP contribution is -2.20. The lowest BCUT2D eigenvalue weighted by atomic mass is 10.1. The summed E-state index contributed by atoms with van der Waals surface area (Å²) in [5, 5.41) is 7.52. The Balaban J connectivity index is 1.73. The summed E-state index contributed by atoms with van der Waals surface area (Å²) in [4.78, 5) is 20.4. The highest BCUT2D eigenvalue weighted by Crippen LogP contribution is 2.25. The fourth-order valence-electron chi connectivity index (χ4n) is 2.60. The minimum Gasteiger partial charge on any atom is -0.375 e. The summed E-state index contributed by atoms with van der Waals surface area (Å²) in [5.41, 5.74) is 9.74. The van der Waals surface area contributed by atoms with Crippen molar-refractivity contribution in [1.82, 2.24) is 24.9 Å². The molecule has 0 saturated heterocycles. The van der Waals surface area contributed by atoms with Crippen LogP contribution in [0.2, 0.25) is 0 Å². The van der Waals surface area contributed by atoms with Gasteiger partial charge in [0, 0.05) is 13.5 Å². The number of fused-ring (bicyclic) bond motifs is 2. The molecule has 7 nitrogen and oxygen atoms in total. The topological polar surface area (TPSA) is 98.2 Å². The summed E-state index contributed by atoms with van der Waals surface area (Å²) in [5.74, 6) is -0.224. The first-order valence-corrected chi connectivity index (χ1v) is 8.16. The highest BCUT2D eigenvalue weighted by atomic mass is 32.1. The molecule has 0 fully saturated rings. The normalized spacial score (nSPS) is 11.2. The molecular weight excluding hydrogens is 324 g/mol. The number of imidazole rings is 1. The van der Waals surface area contributed by atoms with Crippen LogP contribution in [0.25, 0.3) is 15.9 Å². The molecule has 0 aliphatic carbocycles. The summed E-state index contributed by atoms with van der Waals surface area (Å²) in [6.45, 7) is 0. The van der Waals surface area contributed by atoms with Crippen LogP contribution in [0.5, 0.6) is 0 Å². The molecule has 0 bridgehead atoms. The number of amides is 1. The van der Waals surface area contributed by atoms with E-state index in [1.165, 1.54) is 11.3 Å². The van der Waals surface area contributed by atoms with Gasteiger partial charge in [0.05, 0.1) is 22.1 Å². The number of nitrogens with two attached hydrogens (primary N) is 1. The van der Waals surface area contributed by atoms with E-state index < -0.39 is 0 Å². The molecule has 0 spiro atoms. The zero-order chi connectivity index (χ0) is 16.7. The standard InChI is InChI=1S/C16H14N6OS/c1-18-15(23)12-4-5-14-19-8-10(22(14)21-12)6-9-2-3-11-13(7-9)24-16(17)20-11/h2-5,7-8H,6H2,1H3,(H2,17,20)(H,18,23). The average molecular weight is 338 g/mol. The number of nitrogens with one attached hydrogen (secondary N) is 1. The summed E-state index contributed by atoms with van der Waals surface area (Å²) in [6, 6.07) is 9.50. The SMILES string of the molecule is CNC(=O)c1ccc2ncc(Cc3ccc4nc(N)sc4c3)n2n1. The quantitative estimate of drug-likeness (QED) is 0.594. The molecule has 4 rings (SSSR count). The maximum atomic E-state index is 11.8. The number of thiazole rings is 1. The van der Waals surface area contributed by atoms with Gasteiger partial charge in [-0.25, -0.2) is 14.5 Å². The van der Waals surface area contributed by atoms with E-state index in [1.807, 2.05) is 12.1 Å². The van der Waals surface area contributed by atoms with E-state index in [9.17, 15) is 4.79 Å². The number of carbonyl (C=O) groups is 1. The molecule has 4 aromatic rings. The Kier molecular flexibility index (Phi) is 3.39. The number of carbonyl (C=O) groups excluding carboxylic acids is 1. The van der Waals surface area contributed by atoms with Gasteiger partial charge in [-0.15, -0.1) is 0 Å². The first-order chi connectivity index (χ1) is 11.6. The number of benzene rings is 1. The van der Waals surface area contributed by atoms with Crippen molar-refractivity contribution in [2.45, 2.75) is 6.42 Å². The molecule has 0 atom stereocenters. The Labute approximate surface area is 141 Å². The maximum Gasteiger partial charge on any atom is 0.271 e. The van der Waals surface area contributed by atoms with E-state index in [2.05, 4.69) is 26.4 Å². The number of hydrogen-bond donors (Lipinski definition) is 2. The number of anilines is 1. The number of hydrogen-bond acceptors (Lipinski definition) is 6. The smallest absolute Gasteiger partial charge is 0.271 e. The van der Waals surface area contributed by atoms with Crippen molar-refractivity contribution in [1.29, 1.82) is 0 Å². The lowest BCUT2D eigenvalue weighted by molar-refractivity contribution is 0.0957. The van der Waals surface area contributed by atoms with Crippen LogP contribution >= 0.6 is 11.3 Å². The van der Waals surface area contributed by atoms with E-state index in [1.54, 1.807) is 29.9 Å². The second kappa shape index (κ2) is 5.57. The van der Waals surface area contributed by atoms with Crippen molar-refractivity contribution in [2.24, 2.45) is 0 Å². The van der Waals surface area contributed by atoms with Gasteiger partial charge in [-0.05, 0) is 29.8 Å². The third kappa shape index (κ3) is 2.46. The molecule has 1 amide bonds. The number of nitrogen functional groups attached to an aromatic ring is 1. The second-order valence-electron chi connectivity index (χ2n) is 5.35. The third-order valence-corrected chi connectivity index (χ3v) is 4.59. The van der Waals surface area contributed by atoms with E-state index >= 15 is 0 Å². The highest BCUT2D eigenvalue weighted by molar-refractivity contribution is 7.22. The van der Waals surface area contributed by atoms with Crippen LogP contribution in [0.3, 0.4) is 0 Å². The average Bonchev–Trinajstić information content (AvgIpc) is 3.16. The zero-order valence-corrected chi connectivity index (χ0v) is 13.7. The van der Waals surface area contributed by atoms with Gasteiger partial charge in [-0.2, -0.15) is 5.10 Å². The number of nitrogens with zero attached hydrogens (tertiary/aromatic N) is 4. The van der Waals surface area contributed by atoms with Gasteiger partial charge in [-0.3, -0.25) is 4.79 Å². The monoisotopic (exact) mass is 338 g/mol. The second-order valence-corrected chi connectivity index (χ2v) is 6.41. The summed E-state index contributed by atoms with van der Waals surface area (Å²) in [6.07, 6.45) is 2.43. The van der Waals surface area contributed by atoms with Gasteiger partial charge in [0.1, 0.15) is 5.69 Å². The van der Waals surface area contributed by atoms with Crippen LogP contribution in [0.15, 0.2) is 36.5 Å². The summed E-state index contributed by atoms with van der Waals surface area (Å²) < 4.78 is 2.76. The summed E-state index contributed by atoms with van der Waals surface area (Å²) >= 11 is 1.47. The Morgan fingerprint density at radius 1 is 1.33 bits per heavy atom. The Morgan fingerprint density at radius 2 is 2.21 bits per heavy atom. The third-order valence-electron chi connectivity index (χ3n) is 3.75. The predicted octanol–water partition coefficient (Wildman–Crippen LogP) is 1.87. The van der Waals surface area contributed by atoms with Gasteiger partial charge < -0.3 is 11.1 Å². The zero-order valence-electron chi connectivity index (χ0n) is 12.9. The molecule has 0 radical (unpaired) electrons. The van der Waals surface area contributed by atoms with Crippen LogP contribution in [0.4, 0.5) is 5.13 Å². The van der Waals surface area contributed by atoms with Crippen LogP contribution in [-0.4, -0.2) is 32.5 Å². The first kappa shape index (κ1) is 14.6. The van der Waals surface area contributed by atoms with Gasteiger partial charge in [0.25, 0.3) is 5.91 Å². The highest BCUT2D eigenvalue weighted by Gasteiger charge is 2.11. The maximum absolute atomic E-state index is 11.8. The van der Waals surface area contributed by atoms with Crippen molar-refractivity contribution >= 4 is 38.2 Å².